The molecule has 0 amide bonds. The second kappa shape index (κ2) is 5.80. The molecule has 1 rings (SSSR count). The molecule has 0 atom stereocenters. The van der Waals surface area contributed by atoms with Crippen LogP contribution in [-0.4, -0.2) is 41.1 Å². The quantitative estimate of drug-likeness (QED) is 0.726. The highest BCUT2D eigenvalue weighted by molar-refractivity contribution is 5.82. The van der Waals surface area contributed by atoms with Crippen molar-refractivity contribution in [2.75, 3.05) is 20.6 Å². The maximum atomic E-state index is 11.7. The Hall–Kier alpha value is -1.16. The van der Waals surface area contributed by atoms with Gasteiger partial charge < -0.3 is 4.90 Å². The fourth-order valence-electron chi connectivity index (χ4n) is 1.71. The van der Waals surface area contributed by atoms with Crippen LogP contribution in [0.3, 0.4) is 0 Å². The van der Waals surface area contributed by atoms with Crippen molar-refractivity contribution in [3.8, 4) is 0 Å². The Kier molecular flexibility index (Phi) is 4.68. The topological polar surface area (TPSA) is 38.1 Å². The van der Waals surface area contributed by atoms with Crippen molar-refractivity contribution in [3.05, 3.63) is 17.5 Å². The Morgan fingerprint density at radius 2 is 2.12 bits per heavy atom. The van der Waals surface area contributed by atoms with Gasteiger partial charge in [0.15, 0.2) is 5.78 Å². The van der Waals surface area contributed by atoms with Gasteiger partial charge in [0.25, 0.3) is 0 Å². The van der Waals surface area contributed by atoms with Gasteiger partial charge >= 0.3 is 0 Å². The summed E-state index contributed by atoms with van der Waals surface area (Å²) in [6, 6.07) is 2.04. The highest BCUT2D eigenvalue weighted by Gasteiger charge is 2.10. The average molecular weight is 223 g/mol. The number of likely N-dealkylation sites (N-methyl/N-ethyl adjacent to an activating group) is 1. The molecule has 0 saturated heterocycles. The van der Waals surface area contributed by atoms with Crippen LogP contribution in [0.25, 0.3) is 0 Å². The Labute approximate surface area is 97.2 Å². The molecule has 0 radical (unpaired) electrons. The number of carbonyl (C=O) groups excluding carboxylic acids is 1. The molecule has 0 bridgehead atoms. The molecule has 0 spiro atoms. The summed E-state index contributed by atoms with van der Waals surface area (Å²) in [7, 11) is 3.82. The highest BCUT2D eigenvalue weighted by Crippen LogP contribution is 2.07. The number of rotatable bonds is 6. The molecule has 1 aromatic heterocycles. The Bertz CT molecular complexity index is 355. The van der Waals surface area contributed by atoms with Gasteiger partial charge in [-0.15, -0.1) is 0 Å². The summed E-state index contributed by atoms with van der Waals surface area (Å²) in [6.07, 6.45) is 1.40. The zero-order valence-corrected chi connectivity index (χ0v) is 10.7. The zero-order valence-electron chi connectivity index (χ0n) is 10.7. The zero-order chi connectivity index (χ0) is 12.1. The van der Waals surface area contributed by atoms with E-state index in [-0.39, 0.29) is 5.78 Å². The van der Waals surface area contributed by atoms with Crippen LogP contribution in [0.5, 0.6) is 0 Å². The molecule has 16 heavy (non-hydrogen) atoms. The molecule has 0 aliphatic carbocycles. The van der Waals surface area contributed by atoms with Gasteiger partial charge in [-0.3, -0.25) is 9.48 Å². The average Bonchev–Trinajstić information content (AvgIpc) is 2.59. The Morgan fingerprint density at radius 3 is 2.62 bits per heavy atom. The molecular weight excluding hydrogens is 202 g/mol. The molecule has 1 aromatic rings. The number of ketones is 1. The number of hydrogen-bond donors (Lipinski definition) is 0. The van der Waals surface area contributed by atoms with Crippen molar-refractivity contribution in [3.63, 3.8) is 0 Å². The van der Waals surface area contributed by atoms with E-state index in [0.717, 1.165) is 24.4 Å². The summed E-state index contributed by atoms with van der Waals surface area (Å²) in [5.74, 6) is 0.238. The summed E-state index contributed by atoms with van der Waals surface area (Å²) in [5, 5.41) is 4.43. The maximum absolute atomic E-state index is 11.7. The smallest absolute Gasteiger partial charge is 0.152 e. The number of Topliss-reactive ketones (excluding diaryl/α,β-unsaturated/α-hetero) is 1. The molecule has 0 unspecified atom stereocenters. The maximum Gasteiger partial charge on any atom is 0.152 e. The summed E-state index contributed by atoms with van der Waals surface area (Å²) in [4.78, 5) is 13.6. The van der Waals surface area contributed by atoms with Crippen LogP contribution in [0.15, 0.2) is 6.07 Å². The van der Waals surface area contributed by atoms with Crippen LogP contribution in [0.4, 0.5) is 0 Å². The van der Waals surface area contributed by atoms with Gasteiger partial charge in [0.1, 0.15) is 0 Å². The van der Waals surface area contributed by atoms with E-state index in [9.17, 15) is 4.79 Å². The van der Waals surface area contributed by atoms with Gasteiger partial charge in [-0.05, 0) is 33.5 Å². The standard InChI is InChI=1S/C12H21N3O/c1-5-10-7-11(15(6-2)13-10)8-12(16)9-14(3)4/h7H,5-6,8-9H2,1-4H3. The van der Waals surface area contributed by atoms with Crippen LogP contribution in [0, 0.1) is 0 Å². The summed E-state index contributed by atoms with van der Waals surface area (Å²) >= 11 is 0. The SMILES string of the molecule is CCc1cc(CC(=O)CN(C)C)n(CC)n1. The lowest BCUT2D eigenvalue weighted by Gasteiger charge is -2.08. The number of nitrogens with zero attached hydrogens (tertiary/aromatic N) is 3. The first kappa shape index (κ1) is 12.9. The Balaban J connectivity index is 2.71. The first-order valence-corrected chi connectivity index (χ1v) is 5.78. The fraction of sp³-hybridized carbons (Fsp3) is 0.667. The van der Waals surface area contributed by atoms with E-state index >= 15 is 0 Å². The minimum Gasteiger partial charge on any atom is -0.302 e. The number of aromatic nitrogens is 2. The Morgan fingerprint density at radius 1 is 1.44 bits per heavy atom. The summed E-state index contributed by atoms with van der Waals surface area (Å²) in [5.41, 5.74) is 2.10. The van der Waals surface area contributed by atoms with Crippen LogP contribution in [0.1, 0.15) is 25.2 Å². The molecule has 0 aliphatic heterocycles. The van der Waals surface area contributed by atoms with Crippen molar-refractivity contribution < 1.29 is 4.79 Å². The van der Waals surface area contributed by atoms with E-state index in [4.69, 9.17) is 0 Å². The molecule has 0 aliphatic rings. The molecule has 90 valence electrons. The number of hydrogen-bond acceptors (Lipinski definition) is 3. The lowest BCUT2D eigenvalue weighted by molar-refractivity contribution is -0.119. The second-order valence-electron chi connectivity index (χ2n) is 4.25. The van der Waals surface area contributed by atoms with E-state index in [1.807, 2.05) is 36.7 Å². The molecule has 4 heteroatoms. The minimum absolute atomic E-state index is 0.238. The molecule has 0 N–H and O–H groups in total. The van der Waals surface area contributed by atoms with Crippen LogP contribution < -0.4 is 0 Å². The lowest BCUT2D eigenvalue weighted by Crippen LogP contribution is -2.23. The van der Waals surface area contributed by atoms with Gasteiger partial charge in [0.2, 0.25) is 0 Å². The van der Waals surface area contributed by atoms with Crippen molar-refractivity contribution >= 4 is 5.78 Å². The van der Waals surface area contributed by atoms with E-state index in [1.54, 1.807) is 0 Å². The summed E-state index contributed by atoms with van der Waals surface area (Å²) in [6.45, 7) is 5.45. The lowest BCUT2D eigenvalue weighted by atomic mass is 10.2. The predicted molar refractivity (Wildman–Crippen MR) is 64.5 cm³/mol. The third-order valence-corrected chi connectivity index (χ3v) is 2.45. The first-order chi connectivity index (χ1) is 7.56. The number of aryl methyl sites for hydroxylation is 2. The molecule has 1 heterocycles. The molecule has 0 aromatic carbocycles. The third kappa shape index (κ3) is 3.45. The van der Waals surface area contributed by atoms with Crippen molar-refractivity contribution in [2.24, 2.45) is 0 Å². The van der Waals surface area contributed by atoms with E-state index in [1.165, 1.54) is 0 Å². The van der Waals surface area contributed by atoms with Crippen LogP contribution >= 0.6 is 0 Å². The normalized spacial score (nSPS) is 11.1. The van der Waals surface area contributed by atoms with Crippen molar-refractivity contribution in [1.82, 2.24) is 14.7 Å². The summed E-state index contributed by atoms with van der Waals surface area (Å²) < 4.78 is 1.92. The van der Waals surface area contributed by atoms with Crippen molar-refractivity contribution in [1.29, 1.82) is 0 Å². The molecule has 4 nitrogen and oxygen atoms in total. The van der Waals surface area contributed by atoms with Gasteiger partial charge in [-0.25, -0.2) is 0 Å². The van der Waals surface area contributed by atoms with E-state index in [2.05, 4.69) is 12.0 Å². The molecule has 0 saturated carbocycles. The van der Waals surface area contributed by atoms with Crippen LogP contribution in [0.2, 0.25) is 0 Å². The fourth-order valence-corrected chi connectivity index (χ4v) is 1.71. The molecular formula is C12H21N3O. The van der Waals surface area contributed by atoms with Gasteiger partial charge in [0.05, 0.1) is 12.2 Å². The van der Waals surface area contributed by atoms with E-state index in [0.29, 0.717) is 13.0 Å². The monoisotopic (exact) mass is 223 g/mol. The van der Waals surface area contributed by atoms with Crippen molar-refractivity contribution in [2.45, 2.75) is 33.2 Å². The second-order valence-corrected chi connectivity index (χ2v) is 4.25. The molecule has 0 fully saturated rings. The third-order valence-electron chi connectivity index (χ3n) is 2.45. The predicted octanol–water partition coefficient (Wildman–Crippen LogP) is 1.14. The largest absolute Gasteiger partial charge is 0.302 e. The minimum atomic E-state index is 0.238. The highest BCUT2D eigenvalue weighted by atomic mass is 16.1. The van der Waals surface area contributed by atoms with Gasteiger partial charge in [-0.1, -0.05) is 6.92 Å². The van der Waals surface area contributed by atoms with E-state index < -0.39 is 0 Å². The van der Waals surface area contributed by atoms with Gasteiger partial charge in [0, 0.05) is 18.7 Å². The number of carbonyl (C=O) groups is 1. The van der Waals surface area contributed by atoms with Crippen LogP contribution in [-0.2, 0) is 24.2 Å². The first-order valence-electron chi connectivity index (χ1n) is 5.78. The van der Waals surface area contributed by atoms with Gasteiger partial charge in [-0.2, -0.15) is 5.10 Å².